The summed E-state index contributed by atoms with van der Waals surface area (Å²) in [6, 6.07) is 0. The standard InChI is InChI=1S/C14H22N2O4/c1-10(17)15-6-3-7-16(9-8-15)13(18)11-4-2-5-12(11)14(19)20/h11-12H,2-9H2,1H3,(H,19,20)/t11-,12+/m1/s1. The van der Waals surface area contributed by atoms with Crippen molar-refractivity contribution in [3.8, 4) is 0 Å². The molecule has 2 atom stereocenters. The zero-order valence-electron chi connectivity index (χ0n) is 11.9. The highest BCUT2D eigenvalue weighted by atomic mass is 16.4. The molecule has 1 saturated heterocycles. The molecule has 1 aliphatic heterocycles. The smallest absolute Gasteiger partial charge is 0.307 e. The molecule has 6 nitrogen and oxygen atoms in total. The van der Waals surface area contributed by atoms with Gasteiger partial charge in [-0.2, -0.15) is 0 Å². The van der Waals surface area contributed by atoms with E-state index in [1.807, 2.05) is 0 Å². The van der Waals surface area contributed by atoms with Crippen molar-refractivity contribution in [2.75, 3.05) is 26.2 Å². The van der Waals surface area contributed by atoms with Gasteiger partial charge in [-0.05, 0) is 19.3 Å². The molecule has 2 aliphatic rings. The second kappa shape index (κ2) is 6.24. The minimum Gasteiger partial charge on any atom is -0.481 e. The third-order valence-corrected chi connectivity index (χ3v) is 4.40. The van der Waals surface area contributed by atoms with Crippen LogP contribution in [0.4, 0.5) is 0 Å². The van der Waals surface area contributed by atoms with Gasteiger partial charge in [0.2, 0.25) is 11.8 Å². The summed E-state index contributed by atoms with van der Waals surface area (Å²) in [5, 5.41) is 9.18. The molecule has 112 valence electrons. The van der Waals surface area contributed by atoms with Crippen LogP contribution in [-0.2, 0) is 14.4 Å². The number of amides is 2. The third kappa shape index (κ3) is 3.11. The first-order valence-electron chi connectivity index (χ1n) is 7.28. The van der Waals surface area contributed by atoms with Crippen molar-refractivity contribution >= 4 is 17.8 Å². The first-order valence-corrected chi connectivity index (χ1v) is 7.28. The fourth-order valence-electron chi connectivity index (χ4n) is 3.24. The summed E-state index contributed by atoms with van der Waals surface area (Å²) < 4.78 is 0. The average Bonchev–Trinajstić information content (AvgIpc) is 2.75. The maximum absolute atomic E-state index is 12.5. The molecule has 0 aromatic carbocycles. The van der Waals surface area contributed by atoms with Crippen LogP contribution in [0.3, 0.4) is 0 Å². The molecule has 2 fully saturated rings. The number of aliphatic carboxylic acids is 1. The summed E-state index contributed by atoms with van der Waals surface area (Å²) in [6.45, 7) is 3.89. The second-order valence-corrected chi connectivity index (χ2v) is 5.67. The lowest BCUT2D eigenvalue weighted by atomic mass is 9.94. The number of nitrogens with zero attached hydrogens (tertiary/aromatic N) is 2. The molecule has 0 unspecified atom stereocenters. The molecule has 1 aliphatic carbocycles. The van der Waals surface area contributed by atoms with Crippen molar-refractivity contribution in [3.05, 3.63) is 0 Å². The van der Waals surface area contributed by atoms with Gasteiger partial charge in [0.25, 0.3) is 0 Å². The van der Waals surface area contributed by atoms with Crippen LogP contribution in [-0.4, -0.2) is 58.9 Å². The molecule has 0 spiro atoms. The average molecular weight is 282 g/mol. The number of rotatable bonds is 2. The molecule has 0 radical (unpaired) electrons. The Balaban J connectivity index is 1.98. The number of carboxylic acids is 1. The van der Waals surface area contributed by atoms with Gasteiger partial charge in [-0.1, -0.05) is 6.42 Å². The highest BCUT2D eigenvalue weighted by Crippen LogP contribution is 2.33. The first-order chi connectivity index (χ1) is 9.50. The molecular weight excluding hydrogens is 260 g/mol. The van der Waals surface area contributed by atoms with Gasteiger partial charge in [-0.15, -0.1) is 0 Å². The Bertz CT molecular complexity index is 410. The Morgan fingerprint density at radius 3 is 2.15 bits per heavy atom. The first kappa shape index (κ1) is 14.8. The highest BCUT2D eigenvalue weighted by Gasteiger charge is 2.39. The topological polar surface area (TPSA) is 77.9 Å². The molecule has 20 heavy (non-hydrogen) atoms. The zero-order chi connectivity index (χ0) is 14.7. The maximum atomic E-state index is 12.5. The van der Waals surface area contributed by atoms with Crippen molar-refractivity contribution in [2.45, 2.75) is 32.6 Å². The molecule has 0 aromatic rings. The van der Waals surface area contributed by atoms with E-state index in [1.54, 1.807) is 9.80 Å². The van der Waals surface area contributed by atoms with Crippen molar-refractivity contribution in [1.82, 2.24) is 9.80 Å². The van der Waals surface area contributed by atoms with E-state index in [-0.39, 0.29) is 17.7 Å². The molecule has 1 saturated carbocycles. The molecule has 1 heterocycles. The summed E-state index contributed by atoms with van der Waals surface area (Å²) in [5.74, 6) is -1.78. The summed E-state index contributed by atoms with van der Waals surface area (Å²) in [7, 11) is 0. The Hall–Kier alpha value is -1.59. The second-order valence-electron chi connectivity index (χ2n) is 5.67. The van der Waals surface area contributed by atoms with Gasteiger partial charge in [0, 0.05) is 33.1 Å². The lowest BCUT2D eigenvalue weighted by Gasteiger charge is -2.26. The van der Waals surface area contributed by atoms with E-state index in [0.717, 1.165) is 12.8 Å². The summed E-state index contributed by atoms with van der Waals surface area (Å²) in [5.41, 5.74) is 0. The van der Waals surface area contributed by atoms with Gasteiger partial charge in [-0.3, -0.25) is 14.4 Å². The number of hydrogen-bond acceptors (Lipinski definition) is 3. The molecule has 6 heteroatoms. The fourth-order valence-corrected chi connectivity index (χ4v) is 3.24. The van der Waals surface area contributed by atoms with E-state index in [0.29, 0.717) is 39.0 Å². The van der Waals surface area contributed by atoms with Gasteiger partial charge in [-0.25, -0.2) is 0 Å². The predicted molar refractivity (Wildman–Crippen MR) is 71.9 cm³/mol. The number of carbonyl (C=O) groups excluding carboxylic acids is 2. The van der Waals surface area contributed by atoms with E-state index >= 15 is 0 Å². The van der Waals surface area contributed by atoms with Gasteiger partial charge < -0.3 is 14.9 Å². The van der Waals surface area contributed by atoms with Gasteiger partial charge in [0.15, 0.2) is 0 Å². The van der Waals surface area contributed by atoms with Crippen LogP contribution in [0.25, 0.3) is 0 Å². The van der Waals surface area contributed by atoms with Crippen LogP contribution >= 0.6 is 0 Å². The normalized spacial score (nSPS) is 27.2. The number of carbonyl (C=O) groups is 3. The Kier molecular flexibility index (Phi) is 4.62. The van der Waals surface area contributed by atoms with E-state index in [1.165, 1.54) is 6.92 Å². The lowest BCUT2D eigenvalue weighted by Crippen LogP contribution is -2.41. The predicted octanol–water partition coefficient (Wildman–Crippen LogP) is 0.568. The summed E-state index contributed by atoms with van der Waals surface area (Å²) in [6.07, 6.45) is 2.83. The van der Waals surface area contributed by atoms with E-state index < -0.39 is 11.9 Å². The van der Waals surface area contributed by atoms with Crippen molar-refractivity contribution in [1.29, 1.82) is 0 Å². The minimum atomic E-state index is -0.860. The molecule has 2 amide bonds. The highest BCUT2D eigenvalue weighted by molar-refractivity contribution is 5.85. The Morgan fingerprint density at radius 1 is 0.900 bits per heavy atom. The van der Waals surface area contributed by atoms with Crippen LogP contribution in [0.2, 0.25) is 0 Å². The van der Waals surface area contributed by atoms with Gasteiger partial charge in [0.1, 0.15) is 0 Å². The Morgan fingerprint density at radius 2 is 1.50 bits per heavy atom. The van der Waals surface area contributed by atoms with Crippen molar-refractivity contribution in [2.24, 2.45) is 11.8 Å². The van der Waals surface area contributed by atoms with E-state index in [4.69, 9.17) is 0 Å². The summed E-state index contributed by atoms with van der Waals surface area (Å²) in [4.78, 5) is 38.6. The van der Waals surface area contributed by atoms with Crippen LogP contribution in [0, 0.1) is 11.8 Å². The lowest BCUT2D eigenvalue weighted by molar-refractivity contribution is -0.149. The van der Waals surface area contributed by atoms with Gasteiger partial charge >= 0.3 is 5.97 Å². The molecule has 1 N–H and O–H groups in total. The van der Waals surface area contributed by atoms with Gasteiger partial charge in [0.05, 0.1) is 11.8 Å². The molecule has 0 aromatic heterocycles. The Labute approximate surface area is 118 Å². The third-order valence-electron chi connectivity index (χ3n) is 4.40. The largest absolute Gasteiger partial charge is 0.481 e. The number of carboxylic acid groups (broad SMARTS) is 1. The van der Waals surface area contributed by atoms with Crippen molar-refractivity contribution < 1.29 is 19.5 Å². The minimum absolute atomic E-state index is 0.0311. The fraction of sp³-hybridized carbons (Fsp3) is 0.786. The maximum Gasteiger partial charge on any atom is 0.307 e. The molecular formula is C14H22N2O4. The quantitative estimate of drug-likeness (QED) is 0.803. The summed E-state index contributed by atoms with van der Waals surface area (Å²) >= 11 is 0. The zero-order valence-corrected chi connectivity index (χ0v) is 11.9. The molecule has 0 bridgehead atoms. The van der Waals surface area contributed by atoms with E-state index in [2.05, 4.69) is 0 Å². The van der Waals surface area contributed by atoms with Crippen LogP contribution < -0.4 is 0 Å². The van der Waals surface area contributed by atoms with Crippen molar-refractivity contribution in [3.63, 3.8) is 0 Å². The van der Waals surface area contributed by atoms with Crippen LogP contribution in [0.1, 0.15) is 32.6 Å². The van der Waals surface area contributed by atoms with Crippen LogP contribution in [0.15, 0.2) is 0 Å². The molecule has 2 rings (SSSR count). The SMILES string of the molecule is CC(=O)N1CCCN(C(=O)[C@@H]2CCC[C@@H]2C(=O)O)CC1. The van der Waals surface area contributed by atoms with E-state index in [9.17, 15) is 19.5 Å². The monoisotopic (exact) mass is 282 g/mol. The van der Waals surface area contributed by atoms with Crippen LogP contribution in [0.5, 0.6) is 0 Å². The number of hydrogen-bond donors (Lipinski definition) is 1.